The van der Waals surface area contributed by atoms with E-state index >= 15 is 0 Å². The van der Waals surface area contributed by atoms with E-state index in [0.717, 1.165) is 0 Å². The van der Waals surface area contributed by atoms with Crippen molar-refractivity contribution in [3.63, 3.8) is 0 Å². The Morgan fingerprint density at radius 3 is 2.75 bits per heavy atom. The van der Waals surface area contributed by atoms with Gasteiger partial charge in [-0.3, -0.25) is 9.36 Å². The average Bonchev–Trinajstić information content (AvgIpc) is 2.94. The number of aromatic nitrogens is 4. The summed E-state index contributed by atoms with van der Waals surface area (Å²) in [4.78, 5) is 22.9. The van der Waals surface area contributed by atoms with Crippen molar-refractivity contribution in [2.75, 3.05) is 5.73 Å². The highest BCUT2D eigenvalue weighted by Crippen LogP contribution is 2.32. The number of carbonyl (C=O) groups excluding carboxylic acids is 1. The van der Waals surface area contributed by atoms with E-state index in [-0.39, 0.29) is 5.82 Å². The second-order valence-corrected chi connectivity index (χ2v) is 4.69. The van der Waals surface area contributed by atoms with Crippen LogP contribution in [0.4, 0.5) is 5.82 Å². The van der Waals surface area contributed by atoms with Gasteiger partial charge in [0.15, 0.2) is 23.8 Å². The number of aliphatic hydroxyl groups excluding tert-OH is 2. The quantitative estimate of drug-likeness (QED) is 0.588. The van der Waals surface area contributed by atoms with Crippen molar-refractivity contribution in [2.24, 2.45) is 0 Å². The molecule has 106 valence electrons. The minimum atomic E-state index is -1.43. The molecule has 0 radical (unpaired) electrons. The van der Waals surface area contributed by atoms with Gasteiger partial charge in [-0.25, -0.2) is 15.0 Å². The van der Waals surface area contributed by atoms with Crippen molar-refractivity contribution in [3.05, 3.63) is 12.7 Å². The molecule has 1 fully saturated rings. The summed E-state index contributed by atoms with van der Waals surface area (Å²) in [7, 11) is 0. The summed E-state index contributed by atoms with van der Waals surface area (Å²) < 4.78 is 6.64. The Morgan fingerprint density at radius 2 is 2.10 bits per heavy atom. The molecule has 0 amide bonds. The van der Waals surface area contributed by atoms with Crippen LogP contribution in [0.5, 0.6) is 0 Å². The highest BCUT2D eigenvalue weighted by atomic mass is 35.5. The van der Waals surface area contributed by atoms with Gasteiger partial charge >= 0.3 is 0 Å². The monoisotopic (exact) mass is 299 g/mol. The van der Waals surface area contributed by atoms with Gasteiger partial charge in [0, 0.05) is 0 Å². The van der Waals surface area contributed by atoms with Gasteiger partial charge in [-0.1, -0.05) is 0 Å². The lowest BCUT2D eigenvalue weighted by Gasteiger charge is -2.16. The first-order valence-corrected chi connectivity index (χ1v) is 6.02. The summed E-state index contributed by atoms with van der Waals surface area (Å²) in [5.74, 6) is 0.173. The molecule has 2 aromatic heterocycles. The summed E-state index contributed by atoms with van der Waals surface area (Å²) in [5.41, 5.74) is 6.30. The lowest BCUT2D eigenvalue weighted by Crippen LogP contribution is -2.34. The van der Waals surface area contributed by atoms with Crippen LogP contribution in [-0.4, -0.2) is 53.3 Å². The van der Waals surface area contributed by atoms with Crippen LogP contribution in [0.3, 0.4) is 0 Å². The van der Waals surface area contributed by atoms with E-state index < -0.39 is 29.8 Å². The van der Waals surface area contributed by atoms with Gasteiger partial charge in [-0.15, -0.1) is 0 Å². The Bertz CT molecular complexity index is 677. The first-order chi connectivity index (χ1) is 9.50. The second kappa shape index (κ2) is 4.63. The maximum Gasteiger partial charge on any atom is 0.253 e. The predicted octanol–water partition coefficient (Wildman–Crippen LogP) is -1.21. The van der Waals surface area contributed by atoms with Crippen molar-refractivity contribution in [1.29, 1.82) is 0 Å². The van der Waals surface area contributed by atoms with Gasteiger partial charge in [-0.05, 0) is 11.6 Å². The zero-order valence-electron chi connectivity index (χ0n) is 9.92. The van der Waals surface area contributed by atoms with E-state index in [1.165, 1.54) is 17.2 Å². The number of nitrogens with zero attached hydrogens (tertiary/aromatic N) is 4. The highest BCUT2D eigenvalue weighted by Gasteiger charge is 2.47. The molecule has 0 saturated carbocycles. The van der Waals surface area contributed by atoms with E-state index in [1.54, 1.807) is 0 Å². The predicted molar refractivity (Wildman–Crippen MR) is 66.5 cm³/mol. The summed E-state index contributed by atoms with van der Waals surface area (Å²) in [5, 5.41) is 18.8. The van der Waals surface area contributed by atoms with Gasteiger partial charge in [0.2, 0.25) is 0 Å². The lowest BCUT2D eigenvalue weighted by atomic mass is 10.1. The molecular formula is C10H10ClN5O4. The molecule has 9 nitrogen and oxygen atoms in total. The Balaban J connectivity index is 2.04. The normalized spacial score (nSPS) is 29.9. The zero-order chi connectivity index (χ0) is 14.4. The van der Waals surface area contributed by atoms with Crippen LogP contribution in [-0.2, 0) is 9.53 Å². The van der Waals surface area contributed by atoms with Crippen LogP contribution in [0.2, 0.25) is 0 Å². The number of rotatable bonds is 2. The molecule has 0 unspecified atom stereocenters. The Labute approximate surface area is 117 Å². The molecule has 4 atom stereocenters. The molecule has 20 heavy (non-hydrogen) atoms. The fourth-order valence-corrected chi connectivity index (χ4v) is 2.31. The van der Waals surface area contributed by atoms with Crippen LogP contribution in [0.25, 0.3) is 11.2 Å². The molecule has 0 aromatic carbocycles. The van der Waals surface area contributed by atoms with Crippen molar-refractivity contribution in [3.8, 4) is 0 Å². The van der Waals surface area contributed by atoms with Gasteiger partial charge in [-0.2, -0.15) is 0 Å². The fraction of sp³-hybridized carbons (Fsp3) is 0.400. The molecule has 3 heterocycles. The van der Waals surface area contributed by atoms with Crippen LogP contribution in [0, 0.1) is 0 Å². The number of halogens is 1. The molecule has 0 spiro atoms. The van der Waals surface area contributed by atoms with Gasteiger partial charge in [0.25, 0.3) is 5.24 Å². The molecule has 2 aromatic rings. The minimum Gasteiger partial charge on any atom is -0.387 e. The number of anilines is 1. The topological polar surface area (TPSA) is 136 Å². The molecule has 1 saturated heterocycles. The molecular weight excluding hydrogens is 290 g/mol. The van der Waals surface area contributed by atoms with Crippen LogP contribution < -0.4 is 5.73 Å². The maximum absolute atomic E-state index is 11.1. The molecule has 3 rings (SSSR count). The summed E-state index contributed by atoms with van der Waals surface area (Å²) in [6.45, 7) is 0. The third-order valence-corrected chi connectivity index (χ3v) is 3.34. The fourth-order valence-electron chi connectivity index (χ4n) is 2.13. The SMILES string of the molecule is Nc1ncnc2c1ncn2[C@@H]1O[C@H](C(=O)Cl)[C@@H](O)[C@H]1O. The van der Waals surface area contributed by atoms with Crippen LogP contribution in [0.1, 0.15) is 6.23 Å². The van der Waals surface area contributed by atoms with E-state index in [1.807, 2.05) is 0 Å². The Morgan fingerprint density at radius 1 is 1.35 bits per heavy atom. The number of hydrogen-bond acceptors (Lipinski definition) is 8. The number of fused-ring (bicyclic) bond motifs is 1. The zero-order valence-corrected chi connectivity index (χ0v) is 10.7. The number of carbonyl (C=O) groups is 1. The van der Waals surface area contributed by atoms with Crippen LogP contribution in [0.15, 0.2) is 12.7 Å². The summed E-state index contributed by atoms with van der Waals surface area (Å²) in [6, 6.07) is 0. The summed E-state index contributed by atoms with van der Waals surface area (Å²) in [6.07, 6.45) is -2.57. The molecule has 1 aliphatic rings. The van der Waals surface area contributed by atoms with Gasteiger partial charge in [0.1, 0.15) is 24.1 Å². The number of imidazole rings is 1. The second-order valence-electron chi connectivity index (χ2n) is 4.32. The Kier molecular flexibility index (Phi) is 3.05. The van der Waals surface area contributed by atoms with E-state index in [9.17, 15) is 15.0 Å². The number of hydrogen-bond donors (Lipinski definition) is 3. The molecule has 0 aliphatic carbocycles. The minimum absolute atomic E-state index is 0.173. The van der Waals surface area contributed by atoms with Crippen molar-refractivity contribution in [1.82, 2.24) is 19.5 Å². The summed E-state index contributed by atoms with van der Waals surface area (Å²) >= 11 is 5.31. The van der Waals surface area contributed by atoms with Gasteiger partial charge < -0.3 is 20.7 Å². The maximum atomic E-state index is 11.1. The number of ether oxygens (including phenoxy) is 1. The number of nitrogens with two attached hydrogens (primary N) is 1. The highest BCUT2D eigenvalue weighted by molar-refractivity contribution is 6.64. The standard InChI is InChI=1S/C10H10ClN5O4/c11-7(19)6-4(17)5(18)10(20-6)16-2-15-3-8(12)13-1-14-9(3)16/h1-2,4-6,10,17-18H,(H2,12,13,14)/t4-,5+,6-,10+/m0/s1. The van der Waals surface area contributed by atoms with Gasteiger partial charge in [0.05, 0.1) is 6.33 Å². The molecule has 4 N–H and O–H groups in total. The average molecular weight is 300 g/mol. The van der Waals surface area contributed by atoms with E-state index in [0.29, 0.717) is 11.2 Å². The van der Waals surface area contributed by atoms with E-state index in [2.05, 4.69) is 15.0 Å². The van der Waals surface area contributed by atoms with Crippen molar-refractivity contribution < 1.29 is 19.7 Å². The Hall–Kier alpha value is -1.81. The molecule has 1 aliphatic heterocycles. The number of aliphatic hydroxyl groups is 2. The lowest BCUT2D eigenvalue weighted by molar-refractivity contribution is -0.127. The van der Waals surface area contributed by atoms with Crippen LogP contribution >= 0.6 is 11.6 Å². The number of nitrogen functional groups attached to an aromatic ring is 1. The molecule has 0 bridgehead atoms. The van der Waals surface area contributed by atoms with Crippen molar-refractivity contribution >= 4 is 33.8 Å². The molecule has 10 heteroatoms. The third-order valence-electron chi connectivity index (χ3n) is 3.12. The third kappa shape index (κ3) is 1.83. The van der Waals surface area contributed by atoms with Crippen molar-refractivity contribution in [2.45, 2.75) is 24.5 Å². The largest absolute Gasteiger partial charge is 0.387 e. The first-order valence-electron chi connectivity index (χ1n) is 5.64. The van der Waals surface area contributed by atoms with E-state index in [4.69, 9.17) is 22.1 Å². The smallest absolute Gasteiger partial charge is 0.253 e. The first kappa shape index (κ1) is 13.2.